The molecule has 2 aromatic heterocycles. The van der Waals surface area contributed by atoms with Gasteiger partial charge in [0.15, 0.2) is 11.4 Å². The molecule has 1 saturated heterocycles. The minimum absolute atomic E-state index is 0.0416. The Balaban J connectivity index is 1.36. The lowest BCUT2D eigenvalue weighted by Gasteiger charge is -2.25. The van der Waals surface area contributed by atoms with Crippen molar-refractivity contribution in [2.75, 3.05) is 18.0 Å². The van der Waals surface area contributed by atoms with E-state index in [1.165, 1.54) is 26.1 Å². The first kappa shape index (κ1) is 28.9. The third-order valence-electron chi connectivity index (χ3n) is 7.18. The number of carboxylic acids is 1. The lowest BCUT2D eigenvalue weighted by Crippen LogP contribution is -2.31. The van der Waals surface area contributed by atoms with Gasteiger partial charge in [0.25, 0.3) is 0 Å². The fourth-order valence-corrected chi connectivity index (χ4v) is 5.72. The first-order chi connectivity index (χ1) is 19.4. The molecule has 41 heavy (non-hydrogen) atoms. The molecule has 5 rings (SSSR count). The van der Waals surface area contributed by atoms with Crippen molar-refractivity contribution in [3.05, 3.63) is 92.8 Å². The minimum Gasteiger partial charge on any atom is -0.489 e. The maximum Gasteiger partial charge on any atom is 0.337 e. The second kappa shape index (κ2) is 11.0. The lowest BCUT2D eigenvalue weighted by atomic mass is 9.93. The number of benzene rings is 2. The van der Waals surface area contributed by atoms with Crippen LogP contribution in [0.3, 0.4) is 0 Å². The highest BCUT2D eigenvalue weighted by Crippen LogP contribution is 2.41. The van der Waals surface area contributed by atoms with Crippen LogP contribution in [0.15, 0.2) is 59.3 Å². The summed E-state index contributed by atoms with van der Waals surface area (Å²) in [5.74, 6) is -0.0412. The van der Waals surface area contributed by atoms with Crippen molar-refractivity contribution in [2.45, 2.75) is 45.1 Å². The first-order valence-corrected chi connectivity index (χ1v) is 13.7. The number of halogens is 3. The Bertz CT molecular complexity index is 1580. The van der Waals surface area contributed by atoms with Gasteiger partial charge < -0.3 is 24.4 Å². The molecule has 1 fully saturated rings. The van der Waals surface area contributed by atoms with Crippen LogP contribution in [0.25, 0.3) is 11.3 Å². The zero-order valence-electron chi connectivity index (χ0n) is 22.6. The second-order valence-corrected chi connectivity index (χ2v) is 11.4. The molecule has 1 unspecified atom stereocenters. The molecular formula is C30H28Cl2FN3O5. The maximum absolute atomic E-state index is 15.1. The van der Waals surface area contributed by atoms with Gasteiger partial charge in [-0.15, -0.1) is 0 Å². The Morgan fingerprint density at radius 1 is 1.20 bits per heavy atom. The average Bonchev–Trinajstić information content (AvgIpc) is 3.52. The zero-order chi connectivity index (χ0) is 29.5. The number of pyridine rings is 1. The van der Waals surface area contributed by atoms with Crippen LogP contribution in [0.1, 0.15) is 53.1 Å². The van der Waals surface area contributed by atoms with E-state index in [2.05, 4.69) is 10.1 Å². The van der Waals surface area contributed by atoms with Gasteiger partial charge in [-0.05, 0) is 63.1 Å². The molecule has 0 radical (unpaired) electrons. The van der Waals surface area contributed by atoms with Gasteiger partial charge in [-0.2, -0.15) is 0 Å². The topological polar surface area (TPSA) is 109 Å². The molecule has 0 bridgehead atoms. The fourth-order valence-electron chi connectivity index (χ4n) is 5.07. The quantitative estimate of drug-likeness (QED) is 0.224. The van der Waals surface area contributed by atoms with Crippen molar-refractivity contribution >= 4 is 35.0 Å². The smallest absolute Gasteiger partial charge is 0.337 e. The van der Waals surface area contributed by atoms with Crippen molar-refractivity contribution in [1.29, 1.82) is 0 Å². The Labute approximate surface area is 246 Å². The van der Waals surface area contributed by atoms with Gasteiger partial charge in [0.2, 0.25) is 0 Å². The SMILES string of the molecule is Cc1cccc(Cl)c1-c1noc(C(C)(C)F)c1COc1ccc(C2(O)CCN(c3ccc(C(=O)O)cn3)C2)c(Cl)c1. The second-order valence-electron chi connectivity index (χ2n) is 10.6. The summed E-state index contributed by atoms with van der Waals surface area (Å²) < 4.78 is 26.5. The highest BCUT2D eigenvalue weighted by atomic mass is 35.5. The number of carbonyl (C=O) groups is 1. The molecule has 2 N–H and O–H groups in total. The van der Waals surface area contributed by atoms with Gasteiger partial charge in [-0.3, -0.25) is 0 Å². The van der Waals surface area contributed by atoms with E-state index in [0.717, 1.165) is 5.56 Å². The Morgan fingerprint density at radius 3 is 2.61 bits per heavy atom. The predicted molar refractivity (Wildman–Crippen MR) is 154 cm³/mol. The molecule has 0 amide bonds. The molecule has 1 aliphatic heterocycles. The molecular weight excluding hydrogens is 572 g/mol. The van der Waals surface area contributed by atoms with Crippen molar-refractivity contribution in [3.8, 4) is 17.0 Å². The number of aromatic nitrogens is 2. The monoisotopic (exact) mass is 599 g/mol. The molecule has 0 spiro atoms. The van der Waals surface area contributed by atoms with Crippen LogP contribution in [0, 0.1) is 6.92 Å². The number of aryl methyl sites for hydroxylation is 1. The number of carboxylic acid groups (broad SMARTS) is 1. The normalized spacial score (nSPS) is 17.2. The van der Waals surface area contributed by atoms with Crippen LogP contribution < -0.4 is 9.64 Å². The number of anilines is 1. The van der Waals surface area contributed by atoms with Crippen LogP contribution in [0.4, 0.5) is 10.2 Å². The van der Waals surface area contributed by atoms with Gasteiger partial charge >= 0.3 is 5.97 Å². The number of aromatic carboxylic acids is 1. The van der Waals surface area contributed by atoms with E-state index in [4.69, 9.17) is 37.6 Å². The Morgan fingerprint density at radius 2 is 1.98 bits per heavy atom. The lowest BCUT2D eigenvalue weighted by molar-refractivity contribution is 0.0606. The molecule has 11 heteroatoms. The predicted octanol–water partition coefficient (Wildman–Crippen LogP) is 6.93. The highest BCUT2D eigenvalue weighted by molar-refractivity contribution is 6.33. The maximum atomic E-state index is 15.1. The third kappa shape index (κ3) is 5.75. The summed E-state index contributed by atoms with van der Waals surface area (Å²) in [6, 6.07) is 13.5. The van der Waals surface area contributed by atoms with Gasteiger partial charge in [0.1, 0.15) is 29.5 Å². The average molecular weight is 600 g/mol. The summed E-state index contributed by atoms with van der Waals surface area (Å²) in [4.78, 5) is 17.2. The molecule has 8 nitrogen and oxygen atoms in total. The number of ether oxygens (including phenoxy) is 1. The molecule has 3 heterocycles. The molecule has 214 valence electrons. The van der Waals surface area contributed by atoms with Crippen LogP contribution in [0.2, 0.25) is 10.0 Å². The van der Waals surface area contributed by atoms with Gasteiger partial charge in [0.05, 0.1) is 27.7 Å². The number of β-amino-alcohol motifs (C(OH)–C–C–N with tert-alkyl or cyclic N) is 1. The van der Waals surface area contributed by atoms with E-state index in [1.807, 2.05) is 24.0 Å². The number of hydrogen-bond acceptors (Lipinski definition) is 7. The molecule has 0 saturated carbocycles. The minimum atomic E-state index is -1.82. The molecule has 1 aliphatic rings. The molecule has 4 aromatic rings. The van der Waals surface area contributed by atoms with Crippen molar-refractivity contribution in [3.63, 3.8) is 0 Å². The van der Waals surface area contributed by atoms with Crippen molar-refractivity contribution in [1.82, 2.24) is 10.1 Å². The molecule has 0 aliphatic carbocycles. The first-order valence-electron chi connectivity index (χ1n) is 12.9. The van der Waals surface area contributed by atoms with E-state index in [1.54, 1.807) is 30.3 Å². The van der Waals surface area contributed by atoms with E-state index in [-0.39, 0.29) is 24.5 Å². The van der Waals surface area contributed by atoms with Crippen molar-refractivity contribution in [2.24, 2.45) is 0 Å². The number of alkyl halides is 1. The number of aliphatic hydroxyl groups is 1. The highest BCUT2D eigenvalue weighted by Gasteiger charge is 2.40. The van der Waals surface area contributed by atoms with Gasteiger partial charge in [0, 0.05) is 23.9 Å². The number of rotatable bonds is 8. The third-order valence-corrected chi connectivity index (χ3v) is 7.81. The zero-order valence-corrected chi connectivity index (χ0v) is 24.1. The summed E-state index contributed by atoms with van der Waals surface area (Å²) in [5, 5.41) is 25.5. The summed E-state index contributed by atoms with van der Waals surface area (Å²) in [6.07, 6.45) is 1.68. The summed E-state index contributed by atoms with van der Waals surface area (Å²) >= 11 is 13.1. The van der Waals surface area contributed by atoms with Crippen LogP contribution in [0.5, 0.6) is 5.75 Å². The van der Waals surface area contributed by atoms with E-state index < -0.39 is 17.2 Å². The number of hydrogen-bond donors (Lipinski definition) is 2. The number of nitrogens with zero attached hydrogens (tertiary/aromatic N) is 3. The molecule has 2 aromatic carbocycles. The van der Waals surface area contributed by atoms with Crippen LogP contribution in [-0.2, 0) is 17.9 Å². The van der Waals surface area contributed by atoms with Crippen LogP contribution in [-0.4, -0.2) is 39.4 Å². The van der Waals surface area contributed by atoms with Gasteiger partial charge in [-0.1, -0.05) is 46.6 Å². The van der Waals surface area contributed by atoms with Crippen LogP contribution >= 0.6 is 23.2 Å². The van der Waals surface area contributed by atoms with Crippen molar-refractivity contribution < 1.29 is 28.7 Å². The molecule has 1 atom stereocenters. The van der Waals surface area contributed by atoms with E-state index >= 15 is 4.39 Å². The Kier molecular flexibility index (Phi) is 7.72. The fraction of sp³-hybridized carbons (Fsp3) is 0.300. The summed E-state index contributed by atoms with van der Waals surface area (Å²) in [7, 11) is 0. The largest absolute Gasteiger partial charge is 0.489 e. The standard InChI is InChI=1S/C30H28Cl2FN3O5/c1-17-5-4-6-22(31)25(17)26-20(27(41-35-26)29(2,3)33)15-40-19-8-9-21(23(32)13-19)30(39)11-12-36(16-30)24-10-7-18(14-34-24)28(37)38/h4-10,13-14,39H,11-12,15-16H2,1-3H3,(H,37,38). The summed E-state index contributed by atoms with van der Waals surface area (Å²) in [6.45, 7) is 5.32. The van der Waals surface area contributed by atoms with E-state index in [9.17, 15) is 9.90 Å². The summed E-state index contributed by atoms with van der Waals surface area (Å²) in [5.41, 5.74) is -0.126. The Hall–Kier alpha value is -3.66. The van der Waals surface area contributed by atoms with E-state index in [0.29, 0.717) is 57.0 Å². The van der Waals surface area contributed by atoms with Gasteiger partial charge in [-0.25, -0.2) is 14.2 Å².